The first kappa shape index (κ1) is 34.3. The molecule has 3 aromatic heterocycles. The second-order valence-electron chi connectivity index (χ2n) is 13.6. The summed E-state index contributed by atoms with van der Waals surface area (Å²) in [5.74, 6) is 1.79. The predicted octanol–water partition coefficient (Wildman–Crippen LogP) is 12.0. The molecule has 0 radical (unpaired) electrons. The SMILES string of the molecule is Cc1ccc(-c2cccc(-c3nc(-c4ccccc4)c(-c4ccccc4)nc3-c3cccc(-c4nc(-c5ccccc5)nc(-c5ccccc5)n4)c3)c2)c(C)n1. The molecule has 0 aliphatic rings. The van der Waals surface area contributed by atoms with Crippen molar-refractivity contribution in [1.82, 2.24) is 29.9 Å². The van der Waals surface area contributed by atoms with Gasteiger partial charge in [0.25, 0.3) is 0 Å². The van der Waals surface area contributed by atoms with E-state index in [2.05, 4.69) is 79.7 Å². The van der Waals surface area contributed by atoms with Gasteiger partial charge in [0.05, 0.1) is 22.8 Å². The monoisotopic (exact) mass is 720 g/mol. The van der Waals surface area contributed by atoms with Gasteiger partial charge in [0, 0.05) is 55.9 Å². The number of rotatable bonds is 8. The van der Waals surface area contributed by atoms with Crippen LogP contribution in [0.4, 0.5) is 0 Å². The molecule has 0 fully saturated rings. The molecular formula is C50H36N6. The molecule has 9 rings (SSSR count). The molecule has 0 unspecified atom stereocenters. The Morgan fingerprint density at radius 3 is 1.09 bits per heavy atom. The van der Waals surface area contributed by atoms with Gasteiger partial charge in [-0.05, 0) is 37.6 Å². The maximum atomic E-state index is 5.53. The van der Waals surface area contributed by atoms with Crippen LogP contribution in [0.15, 0.2) is 182 Å². The smallest absolute Gasteiger partial charge is 0.164 e. The van der Waals surface area contributed by atoms with E-state index >= 15 is 0 Å². The summed E-state index contributed by atoms with van der Waals surface area (Å²) in [5, 5.41) is 0. The minimum atomic E-state index is 0.572. The molecule has 0 bridgehead atoms. The molecule has 6 heteroatoms. The maximum Gasteiger partial charge on any atom is 0.164 e. The zero-order chi connectivity index (χ0) is 37.8. The summed E-state index contributed by atoms with van der Waals surface area (Å²) in [6.45, 7) is 4.08. The van der Waals surface area contributed by atoms with Gasteiger partial charge in [0.15, 0.2) is 17.5 Å². The molecule has 0 saturated heterocycles. The highest BCUT2D eigenvalue weighted by molar-refractivity contribution is 5.88. The van der Waals surface area contributed by atoms with Gasteiger partial charge in [0.1, 0.15) is 0 Å². The van der Waals surface area contributed by atoms with Crippen LogP contribution in [0.2, 0.25) is 0 Å². The molecule has 0 atom stereocenters. The van der Waals surface area contributed by atoms with Gasteiger partial charge in [-0.3, -0.25) is 4.98 Å². The minimum absolute atomic E-state index is 0.572. The van der Waals surface area contributed by atoms with Gasteiger partial charge in [-0.2, -0.15) is 0 Å². The molecule has 0 aliphatic heterocycles. The Morgan fingerprint density at radius 1 is 0.268 bits per heavy atom. The fraction of sp³-hybridized carbons (Fsp3) is 0.0400. The summed E-state index contributed by atoms with van der Waals surface area (Å²) in [4.78, 5) is 30.8. The highest BCUT2D eigenvalue weighted by atomic mass is 15.0. The van der Waals surface area contributed by atoms with Crippen molar-refractivity contribution >= 4 is 0 Å². The van der Waals surface area contributed by atoms with E-state index in [1.54, 1.807) is 0 Å². The lowest BCUT2D eigenvalue weighted by molar-refractivity contribution is 1.07. The first-order valence-corrected chi connectivity index (χ1v) is 18.6. The van der Waals surface area contributed by atoms with Crippen LogP contribution in [0.5, 0.6) is 0 Å². The Kier molecular flexibility index (Phi) is 9.27. The van der Waals surface area contributed by atoms with E-state index in [4.69, 9.17) is 29.9 Å². The quantitative estimate of drug-likeness (QED) is 0.155. The number of pyridine rings is 1. The minimum Gasteiger partial charge on any atom is -0.258 e. The van der Waals surface area contributed by atoms with Crippen molar-refractivity contribution in [3.8, 4) is 90.3 Å². The number of nitrogens with zero attached hydrogens (tertiary/aromatic N) is 6. The third-order valence-corrected chi connectivity index (χ3v) is 9.76. The van der Waals surface area contributed by atoms with Crippen molar-refractivity contribution in [2.75, 3.05) is 0 Å². The van der Waals surface area contributed by atoms with Gasteiger partial charge in [-0.1, -0.05) is 164 Å². The molecule has 0 spiro atoms. The lowest BCUT2D eigenvalue weighted by Gasteiger charge is -2.17. The van der Waals surface area contributed by atoms with Crippen LogP contribution in [0.3, 0.4) is 0 Å². The summed E-state index contributed by atoms with van der Waals surface area (Å²) in [7, 11) is 0. The molecule has 0 amide bonds. The molecule has 0 aliphatic carbocycles. The Labute approximate surface area is 326 Å². The lowest BCUT2D eigenvalue weighted by Crippen LogP contribution is -2.02. The standard InChI is InChI=1S/C50H36N6/c1-33-29-30-43(34(2)51-33)39-25-15-26-40(31-39)46-47(53-45(36-19-9-4-10-20-36)44(52-46)35-17-7-3-8-18-35)41-27-16-28-42(32-41)50-55-48(37-21-11-5-12-22-37)54-49(56-50)38-23-13-6-14-24-38/h3-32H,1-2H3. The summed E-state index contributed by atoms with van der Waals surface area (Å²) >= 11 is 0. The molecule has 0 saturated carbocycles. The van der Waals surface area contributed by atoms with Crippen LogP contribution in [0, 0.1) is 13.8 Å². The number of aryl methyl sites for hydroxylation is 2. The van der Waals surface area contributed by atoms with Gasteiger partial charge in [0.2, 0.25) is 0 Å². The van der Waals surface area contributed by atoms with Crippen molar-refractivity contribution in [2.24, 2.45) is 0 Å². The zero-order valence-corrected chi connectivity index (χ0v) is 31.0. The van der Waals surface area contributed by atoms with E-state index in [1.165, 1.54) is 0 Å². The Bertz CT molecular complexity index is 2750. The largest absolute Gasteiger partial charge is 0.258 e. The Morgan fingerprint density at radius 2 is 0.625 bits per heavy atom. The molecule has 6 aromatic carbocycles. The Hall–Kier alpha value is -7.44. The zero-order valence-electron chi connectivity index (χ0n) is 31.0. The van der Waals surface area contributed by atoms with Gasteiger partial charge >= 0.3 is 0 Å². The summed E-state index contributed by atoms with van der Waals surface area (Å²) in [5.41, 5.74) is 13.7. The van der Waals surface area contributed by atoms with Gasteiger partial charge in [-0.25, -0.2) is 24.9 Å². The van der Waals surface area contributed by atoms with Crippen LogP contribution in [-0.2, 0) is 0 Å². The molecular weight excluding hydrogens is 685 g/mol. The average Bonchev–Trinajstić information content (AvgIpc) is 3.27. The molecule has 9 aromatic rings. The second kappa shape index (κ2) is 15.1. The molecule has 6 nitrogen and oxygen atoms in total. The third kappa shape index (κ3) is 6.99. The average molecular weight is 721 g/mol. The highest BCUT2D eigenvalue weighted by Gasteiger charge is 2.21. The van der Waals surface area contributed by atoms with Gasteiger partial charge in [-0.15, -0.1) is 0 Å². The van der Waals surface area contributed by atoms with Crippen molar-refractivity contribution < 1.29 is 0 Å². The maximum absolute atomic E-state index is 5.53. The Balaban J connectivity index is 1.27. The first-order chi connectivity index (χ1) is 27.6. The number of benzene rings is 6. The number of hydrogen-bond donors (Lipinski definition) is 0. The number of aromatic nitrogens is 6. The van der Waals surface area contributed by atoms with Crippen LogP contribution in [-0.4, -0.2) is 29.9 Å². The summed E-state index contributed by atoms with van der Waals surface area (Å²) in [6.07, 6.45) is 0. The number of hydrogen-bond acceptors (Lipinski definition) is 6. The van der Waals surface area contributed by atoms with E-state index in [9.17, 15) is 0 Å². The topological polar surface area (TPSA) is 77.3 Å². The lowest BCUT2D eigenvalue weighted by atomic mass is 9.96. The van der Waals surface area contributed by atoms with E-state index in [1.807, 2.05) is 116 Å². The van der Waals surface area contributed by atoms with Crippen molar-refractivity contribution in [1.29, 1.82) is 0 Å². The second-order valence-corrected chi connectivity index (χ2v) is 13.6. The van der Waals surface area contributed by atoms with E-state index < -0.39 is 0 Å². The van der Waals surface area contributed by atoms with Crippen molar-refractivity contribution in [2.45, 2.75) is 13.8 Å². The van der Waals surface area contributed by atoms with E-state index in [0.717, 1.165) is 84.2 Å². The third-order valence-electron chi connectivity index (χ3n) is 9.76. The van der Waals surface area contributed by atoms with Crippen LogP contribution < -0.4 is 0 Å². The van der Waals surface area contributed by atoms with E-state index in [-0.39, 0.29) is 0 Å². The van der Waals surface area contributed by atoms with E-state index in [0.29, 0.717) is 17.5 Å². The van der Waals surface area contributed by atoms with Crippen LogP contribution in [0.1, 0.15) is 11.4 Å². The van der Waals surface area contributed by atoms with Crippen molar-refractivity contribution in [3.63, 3.8) is 0 Å². The first-order valence-electron chi connectivity index (χ1n) is 18.6. The molecule has 56 heavy (non-hydrogen) atoms. The predicted molar refractivity (Wildman–Crippen MR) is 226 cm³/mol. The fourth-order valence-electron chi connectivity index (χ4n) is 7.00. The molecule has 266 valence electrons. The van der Waals surface area contributed by atoms with Crippen LogP contribution >= 0.6 is 0 Å². The fourth-order valence-corrected chi connectivity index (χ4v) is 7.00. The normalized spacial score (nSPS) is 11.0. The molecule has 0 N–H and O–H groups in total. The van der Waals surface area contributed by atoms with Crippen molar-refractivity contribution in [3.05, 3.63) is 193 Å². The summed E-state index contributed by atoms with van der Waals surface area (Å²) < 4.78 is 0. The summed E-state index contributed by atoms with van der Waals surface area (Å²) in [6, 6.07) is 61.6. The molecule has 3 heterocycles. The van der Waals surface area contributed by atoms with Crippen LogP contribution in [0.25, 0.3) is 90.3 Å². The van der Waals surface area contributed by atoms with Gasteiger partial charge < -0.3 is 0 Å². The highest BCUT2D eigenvalue weighted by Crippen LogP contribution is 2.39.